The first-order valence-electron chi connectivity index (χ1n) is 10.2. The number of fused-ring (bicyclic) bond motifs is 1. The third kappa shape index (κ3) is 6.87. The van der Waals surface area contributed by atoms with Crippen LogP contribution < -0.4 is 10.6 Å². The lowest BCUT2D eigenvalue weighted by Crippen LogP contribution is -2.47. The lowest BCUT2D eigenvalue weighted by molar-refractivity contribution is -0.139. The highest BCUT2D eigenvalue weighted by atomic mass is 16.5. The molecule has 3 rings (SSSR count). The fourth-order valence-corrected chi connectivity index (χ4v) is 3.11. The molecule has 0 saturated carbocycles. The second-order valence-corrected chi connectivity index (χ2v) is 7.05. The number of ketones is 1. The van der Waals surface area contributed by atoms with Crippen LogP contribution in [0.2, 0.25) is 0 Å². The first kappa shape index (κ1) is 22.4. The minimum absolute atomic E-state index is 0.186. The van der Waals surface area contributed by atoms with Crippen molar-refractivity contribution in [2.45, 2.75) is 25.6 Å². The van der Waals surface area contributed by atoms with E-state index in [1.165, 1.54) is 0 Å². The highest BCUT2D eigenvalue weighted by Gasteiger charge is 2.27. The van der Waals surface area contributed by atoms with Gasteiger partial charge in [0.15, 0.2) is 0 Å². The number of benzene rings is 2. The first-order chi connectivity index (χ1) is 15.1. The summed E-state index contributed by atoms with van der Waals surface area (Å²) in [6.07, 6.45) is 3.67. The maximum absolute atomic E-state index is 12.9. The Hall–Kier alpha value is -3.29. The largest absolute Gasteiger partial charge is 0.375 e. The molecule has 0 bridgehead atoms. The fourth-order valence-electron chi connectivity index (χ4n) is 3.11. The summed E-state index contributed by atoms with van der Waals surface area (Å²) in [4.78, 5) is 38.2. The standard InChI is InChI=1S/C24H26N2O5/c27-22(24(29)25-16-18-8-2-1-3-9-18)21-12-6-7-13-30-14-15-31-17-19-10-4-5-11-20(19)23(28)26-21/h1-11,21H,12-17H2,(H,25,29)(H,26,28)/b7-6-/t21-/m0/s1. The minimum atomic E-state index is -0.989. The summed E-state index contributed by atoms with van der Waals surface area (Å²) in [5.41, 5.74) is 1.99. The van der Waals surface area contributed by atoms with Crippen molar-refractivity contribution in [3.63, 3.8) is 0 Å². The molecule has 2 amide bonds. The SMILES string of the molecule is O=C(NCc1ccccc1)C(=O)[C@@H]1C/C=C\COCCOCc2ccccc2C(=O)N1. The quantitative estimate of drug-likeness (QED) is 0.582. The first-order valence-corrected chi connectivity index (χ1v) is 10.2. The number of hydrogen-bond donors (Lipinski definition) is 2. The molecule has 0 fully saturated rings. The molecular weight excluding hydrogens is 396 g/mol. The average Bonchev–Trinajstić information content (AvgIpc) is 2.80. The molecular formula is C24H26N2O5. The third-order valence-electron chi connectivity index (χ3n) is 4.79. The van der Waals surface area contributed by atoms with E-state index in [0.29, 0.717) is 30.9 Å². The molecule has 1 heterocycles. The van der Waals surface area contributed by atoms with Gasteiger partial charge in [0.25, 0.3) is 11.8 Å². The summed E-state index contributed by atoms with van der Waals surface area (Å²) in [7, 11) is 0. The van der Waals surface area contributed by atoms with E-state index < -0.39 is 23.6 Å². The van der Waals surface area contributed by atoms with Crippen molar-refractivity contribution in [2.24, 2.45) is 0 Å². The van der Waals surface area contributed by atoms with Gasteiger partial charge >= 0.3 is 0 Å². The van der Waals surface area contributed by atoms with Crippen LogP contribution in [-0.4, -0.2) is 43.5 Å². The normalized spacial score (nSPS) is 18.7. The number of hydrogen-bond acceptors (Lipinski definition) is 5. The number of carbonyl (C=O) groups is 3. The van der Waals surface area contributed by atoms with Gasteiger partial charge in [-0.1, -0.05) is 60.7 Å². The van der Waals surface area contributed by atoms with Gasteiger partial charge in [0.05, 0.1) is 26.4 Å². The zero-order chi connectivity index (χ0) is 21.9. The zero-order valence-corrected chi connectivity index (χ0v) is 17.2. The lowest BCUT2D eigenvalue weighted by atomic mass is 10.0. The molecule has 0 spiro atoms. The number of Topliss-reactive ketones (excluding diaryl/α,β-unsaturated/α-hetero) is 1. The summed E-state index contributed by atoms with van der Waals surface area (Å²) in [5.74, 6) is -1.86. The van der Waals surface area contributed by atoms with E-state index in [-0.39, 0.29) is 19.6 Å². The van der Waals surface area contributed by atoms with Crippen LogP contribution in [0.1, 0.15) is 27.9 Å². The number of ether oxygens (including phenoxy) is 2. The van der Waals surface area contributed by atoms with Crippen molar-refractivity contribution >= 4 is 17.6 Å². The van der Waals surface area contributed by atoms with Crippen molar-refractivity contribution in [3.8, 4) is 0 Å². The topological polar surface area (TPSA) is 93.7 Å². The number of amides is 2. The van der Waals surface area contributed by atoms with Gasteiger partial charge in [-0.15, -0.1) is 0 Å². The Balaban J connectivity index is 1.73. The van der Waals surface area contributed by atoms with E-state index in [1.807, 2.05) is 36.4 Å². The summed E-state index contributed by atoms with van der Waals surface area (Å²) >= 11 is 0. The van der Waals surface area contributed by atoms with Crippen molar-refractivity contribution in [2.75, 3.05) is 19.8 Å². The third-order valence-corrected chi connectivity index (χ3v) is 4.79. The van der Waals surface area contributed by atoms with Crippen LogP contribution >= 0.6 is 0 Å². The number of rotatable bonds is 4. The van der Waals surface area contributed by atoms with E-state index in [4.69, 9.17) is 9.47 Å². The molecule has 7 nitrogen and oxygen atoms in total. The van der Waals surface area contributed by atoms with E-state index in [1.54, 1.807) is 30.4 Å². The summed E-state index contributed by atoms with van der Waals surface area (Å²) in [6.45, 7) is 1.67. The van der Waals surface area contributed by atoms with Crippen LogP contribution in [0.15, 0.2) is 66.7 Å². The van der Waals surface area contributed by atoms with Gasteiger partial charge < -0.3 is 20.1 Å². The van der Waals surface area contributed by atoms with Crippen LogP contribution in [0.5, 0.6) is 0 Å². The molecule has 2 aromatic rings. The monoisotopic (exact) mass is 422 g/mol. The van der Waals surface area contributed by atoms with Gasteiger partial charge in [0.1, 0.15) is 6.04 Å². The Morgan fingerprint density at radius 3 is 2.55 bits per heavy atom. The van der Waals surface area contributed by atoms with Crippen LogP contribution in [0.25, 0.3) is 0 Å². The smallest absolute Gasteiger partial charge is 0.289 e. The van der Waals surface area contributed by atoms with Gasteiger partial charge in [-0.2, -0.15) is 0 Å². The molecule has 31 heavy (non-hydrogen) atoms. The van der Waals surface area contributed by atoms with Crippen LogP contribution in [-0.2, 0) is 32.2 Å². The molecule has 0 aromatic heterocycles. The van der Waals surface area contributed by atoms with E-state index in [2.05, 4.69) is 10.6 Å². The number of carbonyl (C=O) groups excluding carboxylic acids is 3. The Morgan fingerprint density at radius 2 is 1.71 bits per heavy atom. The molecule has 0 unspecified atom stereocenters. The summed E-state index contributed by atoms with van der Waals surface area (Å²) < 4.78 is 11.0. The summed E-state index contributed by atoms with van der Waals surface area (Å²) in [6, 6.07) is 15.3. The maximum Gasteiger partial charge on any atom is 0.289 e. The van der Waals surface area contributed by atoms with E-state index in [0.717, 1.165) is 5.56 Å². The predicted molar refractivity (Wildman–Crippen MR) is 115 cm³/mol. The maximum atomic E-state index is 12.9. The highest BCUT2D eigenvalue weighted by molar-refractivity contribution is 6.38. The minimum Gasteiger partial charge on any atom is -0.375 e. The number of nitrogens with one attached hydrogen (secondary N) is 2. The lowest BCUT2D eigenvalue weighted by Gasteiger charge is -2.18. The van der Waals surface area contributed by atoms with Crippen LogP contribution in [0, 0.1) is 0 Å². The zero-order valence-electron chi connectivity index (χ0n) is 17.2. The van der Waals surface area contributed by atoms with Crippen LogP contribution in [0.3, 0.4) is 0 Å². The van der Waals surface area contributed by atoms with E-state index in [9.17, 15) is 14.4 Å². The van der Waals surface area contributed by atoms with E-state index >= 15 is 0 Å². The Labute approximate surface area is 181 Å². The summed E-state index contributed by atoms with van der Waals surface area (Å²) in [5, 5.41) is 5.34. The molecule has 2 aromatic carbocycles. The van der Waals surface area contributed by atoms with Crippen molar-refractivity contribution < 1.29 is 23.9 Å². The van der Waals surface area contributed by atoms with Gasteiger partial charge in [-0.3, -0.25) is 14.4 Å². The second-order valence-electron chi connectivity index (χ2n) is 7.05. The van der Waals surface area contributed by atoms with Gasteiger partial charge in [0.2, 0.25) is 5.78 Å². The molecule has 1 aliphatic heterocycles. The van der Waals surface area contributed by atoms with Crippen molar-refractivity contribution in [1.29, 1.82) is 0 Å². The molecule has 7 heteroatoms. The molecule has 162 valence electrons. The average molecular weight is 422 g/mol. The molecule has 0 radical (unpaired) electrons. The molecule has 0 saturated heterocycles. The van der Waals surface area contributed by atoms with Crippen LogP contribution in [0.4, 0.5) is 0 Å². The van der Waals surface area contributed by atoms with Crippen molar-refractivity contribution in [1.82, 2.24) is 10.6 Å². The van der Waals surface area contributed by atoms with Gasteiger partial charge in [-0.05, 0) is 23.6 Å². The molecule has 1 aliphatic rings. The second kappa shape index (κ2) is 11.8. The highest BCUT2D eigenvalue weighted by Crippen LogP contribution is 2.12. The Morgan fingerprint density at radius 1 is 0.968 bits per heavy atom. The van der Waals surface area contributed by atoms with Crippen molar-refractivity contribution in [3.05, 3.63) is 83.4 Å². The fraction of sp³-hybridized carbons (Fsp3) is 0.292. The Bertz CT molecular complexity index is 927. The molecule has 0 aliphatic carbocycles. The predicted octanol–water partition coefficient (Wildman–Crippen LogP) is 2.16. The van der Waals surface area contributed by atoms with Gasteiger partial charge in [0, 0.05) is 12.1 Å². The Kier molecular flexibility index (Phi) is 8.51. The molecule has 2 N–H and O–H groups in total. The molecule has 1 atom stereocenters. The van der Waals surface area contributed by atoms with Gasteiger partial charge in [-0.25, -0.2) is 0 Å².